The van der Waals surface area contributed by atoms with Gasteiger partial charge in [0.15, 0.2) is 5.13 Å². The molecule has 3 rings (SSSR count). The molecule has 0 saturated carbocycles. The summed E-state index contributed by atoms with van der Waals surface area (Å²) < 4.78 is 5.17. The highest BCUT2D eigenvalue weighted by atomic mass is 32.1. The summed E-state index contributed by atoms with van der Waals surface area (Å²) >= 11 is 1.34. The minimum absolute atomic E-state index is 0.0800. The average molecular weight is 411 g/mol. The van der Waals surface area contributed by atoms with Crippen molar-refractivity contribution >= 4 is 28.2 Å². The summed E-state index contributed by atoms with van der Waals surface area (Å²) in [6.07, 6.45) is 0. The molecule has 0 radical (unpaired) electrons. The summed E-state index contributed by atoms with van der Waals surface area (Å²) in [5, 5.41) is 8.07. The number of aromatic nitrogens is 1. The van der Waals surface area contributed by atoms with E-state index < -0.39 is 0 Å². The fraction of sp³-hybridized carbons (Fsp3) is 0.273. The van der Waals surface area contributed by atoms with E-state index in [1.165, 1.54) is 11.3 Å². The van der Waals surface area contributed by atoms with Crippen LogP contribution in [0, 0.1) is 0 Å². The van der Waals surface area contributed by atoms with Crippen molar-refractivity contribution in [2.75, 3.05) is 17.7 Å². The number of carbonyl (C=O) groups is 1. The lowest BCUT2D eigenvalue weighted by Crippen LogP contribution is -2.23. The molecule has 0 fully saturated rings. The van der Waals surface area contributed by atoms with Gasteiger partial charge in [0.05, 0.1) is 18.8 Å². The van der Waals surface area contributed by atoms with E-state index in [1.54, 1.807) is 7.11 Å². The Labute approximate surface area is 175 Å². The van der Waals surface area contributed by atoms with Crippen molar-refractivity contribution in [2.45, 2.75) is 32.2 Å². The first-order valence-corrected chi connectivity index (χ1v) is 10.2. The molecule has 1 heterocycles. The molecule has 0 bridgehead atoms. The number of carbonyl (C=O) groups excluding carboxylic acids is 1. The molecule has 1 unspecified atom stereocenters. The number of amides is 2. The summed E-state index contributed by atoms with van der Waals surface area (Å²) in [6.45, 7) is 6.33. The Hall–Kier alpha value is -2.90. The van der Waals surface area contributed by atoms with Gasteiger partial charge in [-0.2, -0.15) is 0 Å². The van der Waals surface area contributed by atoms with Gasteiger partial charge in [0.25, 0.3) is 0 Å². The van der Waals surface area contributed by atoms with Crippen LogP contribution in [0.3, 0.4) is 0 Å². The first-order valence-electron chi connectivity index (χ1n) is 9.30. The first kappa shape index (κ1) is 20.8. The van der Waals surface area contributed by atoms with Crippen LogP contribution < -0.4 is 21.1 Å². The topological polar surface area (TPSA) is 89.3 Å². The highest BCUT2D eigenvalue weighted by Gasteiger charge is 2.19. The smallest absolute Gasteiger partial charge is 0.325 e. The van der Waals surface area contributed by atoms with Crippen LogP contribution in [0.25, 0.3) is 0 Å². The molecule has 0 spiro atoms. The van der Waals surface area contributed by atoms with Crippen LogP contribution in [0.2, 0.25) is 0 Å². The lowest BCUT2D eigenvalue weighted by Gasteiger charge is -2.22. The molecule has 4 N–H and O–H groups in total. The highest BCUT2D eigenvalue weighted by molar-refractivity contribution is 7.14. The fourth-order valence-electron chi connectivity index (χ4n) is 2.97. The molecule has 3 aromatic rings. The van der Waals surface area contributed by atoms with Crippen molar-refractivity contribution < 1.29 is 9.53 Å². The minimum atomic E-state index is -0.377. The van der Waals surface area contributed by atoms with Crippen LogP contribution in [0.15, 0.2) is 53.9 Å². The number of anilines is 2. The van der Waals surface area contributed by atoms with Crippen LogP contribution in [0.4, 0.5) is 15.6 Å². The van der Waals surface area contributed by atoms with Gasteiger partial charge in [-0.1, -0.05) is 51.1 Å². The molecule has 0 aliphatic heterocycles. The molecule has 152 valence electrons. The van der Waals surface area contributed by atoms with Crippen LogP contribution in [0.5, 0.6) is 5.75 Å². The lowest BCUT2D eigenvalue weighted by molar-refractivity contribution is 0.262. The first-order chi connectivity index (χ1) is 13.8. The molecule has 7 heteroatoms. The molecule has 2 amide bonds. The van der Waals surface area contributed by atoms with Crippen molar-refractivity contribution in [1.29, 1.82) is 0 Å². The number of hydrogen-bond acceptors (Lipinski definition) is 5. The van der Waals surface area contributed by atoms with E-state index in [0.29, 0.717) is 10.8 Å². The number of nitrogens with two attached hydrogens (primary N) is 1. The minimum Gasteiger partial charge on any atom is -0.497 e. The standard InChI is InChI=1S/C22H26N4O2S/c1-22(2,3)16-7-5-6-8-17(16)24-20(27)26-21-25-18(13-29-21)19(23)14-9-11-15(28-4)12-10-14/h5-13,19H,23H2,1-4H3,(H2,24,25,26,27). The predicted octanol–water partition coefficient (Wildman–Crippen LogP) is 5.14. The second kappa shape index (κ2) is 8.63. The maximum atomic E-state index is 12.5. The number of urea groups is 1. The third kappa shape index (κ3) is 5.13. The number of nitrogens with one attached hydrogen (secondary N) is 2. The van der Waals surface area contributed by atoms with E-state index in [1.807, 2.05) is 53.9 Å². The molecule has 6 nitrogen and oxygen atoms in total. The molecule has 1 atom stereocenters. The van der Waals surface area contributed by atoms with Crippen molar-refractivity contribution in [1.82, 2.24) is 4.98 Å². The number of methoxy groups -OCH3 is 1. The number of para-hydroxylation sites is 1. The fourth-order valence-corrected chi connectivity index (χ4v) is 3.71. The molecular weight excluding hydrogens is 384 g/mol. The SMILES string of the molecule is COc1ccc(C(N)c2csc(NC(=O)Nc3ccccc3C(C)(C)C)n2)cc1. The second-order valence-electron chi connectivity index (χ2n) is 7.70. The normalized spacial score (nSPS) is 12.3. The number of hydrogen-bond donors (Lipinski definition) is 3. The monoisotopic (exact) mass is 410 g/mol. The van der Waals surface area contributed by atoms with Crippen LogP contribution >= 0.6 is 11.3 Å². The number of thiazole rings is 1. The van der Waals surface area contributed by atoms with Crippen molar-refractivity contribution in [2.24, 2.45) is 5.73 Å². The van der Waals surface area contributed by atoms with Crippen molar-refractivity contribution in [3.05, 3.63) is 70.7 Å². The summed E-state index contributed by atoms with van der Waals surface area (Å²) in [6, 6.07) is 14.6. The van der Waals surface area contributed by atoms with Gasteiger partial charge in [-0.15, -0.1) is 11.3 Å². The molecule has 2 aromatic carbocycles. The molecule has 1 aromatic heterocycles. The highest BCUT2D eigenvalue weighted by Crippen LogP contribution is 2.30. The van der Waals surface area contributed by atoms with Crippen molar-refractivity contribution in [3.63, 3.8) is 0 Å². The third-order valence-corrected chi connectivity index (χ3v) is 5.30. The number of ether oxygens (including phenoxy) is 1. The van der Waals surface area contributed by atoms with E-state index in [0.717, 1.165) is 22.6 Å². The Morgan fingerprint density at radius 1 is 1.10 bits per heavy atom. The van der Waals surface area contributed by atoms with Gasteiger partial charge in [0.1, 0.15) is 5.75 Å². The van der Waals surface area contributed by atoms with Crippen LogP contribution in [-0.2, 0) is 5.41 Å². The Bertz CT molecular complexity index is 977. The summed E-state index contributed by atoms with van der Waals surface area (Å²) in [5.41, 5.74) is 9.71. The number of rotatable bonds is 5. The Morgan fingerprint density at radius 3 is 2.45 bits per heavy atom. The van der Waals surface area contributed by atoms with Crippen LogP contribution in [0.1, 0.15) is 43.6 Å². The Morgan fingerprint density at radius 2 is 1.79 bits per heavy atom. The van der Waals surface area contributed by atoms with Gasteiger partial charge < -0.3 is 15.8 Å². The molecule has 29 heavy (non-hydrogen) atoms. The van der Waals surface area contributed by atoms with Gasteiger partial charge >= 0.3 is 6.03 Å². The van der Waals surface area contributed by atoms with E-state index in [2.05, 4.69) is 36.4 Å². The van der Waals surface area contributed by atoms with Gasteiger partial charge in [0, 0.05) is 11.1 Å². The quantitative estimate of drug-likeness (QED) is 0.543. The third-order valence-electron chi connectivity index (χ3n) is 4.52. The molecule has 0 aliphatic rings. The maximum absolute atomic E-state index is 12.5. The van der Waals surface area contributed by atoms with Gasteiger partial charge in [-0.25, -0.2) is 9.78 Å². The van der Waals surface area contributed by atoms with E-state index in [-0.39, 0.29) is 17.5 Å². The maximum Gasteiger partial charge on any atom is 0.325 e. The molecular formula is C22H26N4O2S. The number of nitrogens with zero attached hydrogens (tertiary/aromatic N) is 1. The predicted molar refractivity (Wildman–Crippen MR) is 119 cm³/mol. The zero-order valence-corrected chi connectivity index (χ0v) is 17.8. The Balaban J connectivity index is 1.68. The van der Waals surface area contributed by atoms with Gasteiger partial charge in [0.2, 0.25) is 0 Å². The van der Waals surface area contributed by atoms with E-state index >= 15 is 0 Å². The summed E-state index contributed by atoms with van der Waals surface area (Å²) in [4.78, 5) is 17.0. The second-order valence-corrected chi connectivity index (χ2v) is 8.56. The zero-order valence-electron chi connectivity index (χ0n) is 17.0. The molecule has 0 saturated heterocycles. The van der Waals surface area contributed by atoms with Crippen LogP contribution in [-0.4, -0.2) is 18.1 Å². The summed E-state index contributed by atoms with van der Waals surface area (Å²) in [5.74, 6) is 0.772. The summed E-state index contributed by atoms with van der Waals surface area (Å²) in [7, 11) is 1.62. The lowest BCUT2D eigenvalue weighted by atomic mass is 9.86. The van der Waals surface area contributed by atoms with Crippen molar-refractivity contribution in [3.8, 4) is 5.75 Å². The molecule has 0 aliphatic carbocycles. The Kier molecular flexibility index (Phi) is 6.20. The van der Waals surface area contributed by atoms with Gasteiger partial charge in [-0.3, -0.25) is 5.32 Å². The largest absolute Gasteiger partial charge is 0.497 e. The van der Waals surface area contributed by atoms with E-state index in [4.69, 9.17) is 10.5 Å². The van der Waals surface area contributed by atoms with Gasteiger partial charge in [-0.05, 0) is 34.7 Å². The van der Waals surface area contributed by atoms with E-state index in [9.17, 15) is 4.79 Å². The zero-order chi connectivity index (χ0) is 21.0. The number of benzene rings is 2. The average Bonchev–Trinajstić information content (AvgIpc) is 3.15.